The van der Waals surface area contributed by atoms with Gasteiger partial charge in [0.2, 0.25) is 5.88 Å². The second-order valence-corrected chi connectivity index (χ2v) is 5.93. The van der Waals surface area contributed by atoms with E-state index in [2.05, 4.69) is 20.0 Å². The molecule has 3 aromatic rings. The van der Waals surface area contributed by atoms with Crippen LogP contribution in [0.2, 0.25) is 0 Å². The summed E-state index contributed by atoms with van der Waals surface area (Å²) in [5, 5.41) is 2.57. The fourth-order valence-electron chi connectivity index (χ4n) is 2.35. The van der Waals surface area contributed by atoms with E-state index in [9.17, 15) is 17.6 Å². The summed E-state index contributed by atoms with van der Waals surface area (Å²) in [5.41, 5.74) is 6.45. The highest BCUT2D eigenvalue weighted by Gasteiger charge is 2.32. The molecule has 6 nitrogen and oxygen atoms in total. The number of hydrogen-bond donors (Lipinski definition) is 2. The third kappa shape index (κ3) is 7.92. The summed E-state index contributed by atoms with van der Waals surface area (Å²) in [6.07, 6.45) is -3.34. The van der Waals surface area contributed by atoms with Gasteiger partial charge in [-0.05, 0) is 29.8 Å². The van der Waals surface area contributed by atoms with Gasteiger partial charge in [0, 0.05) is 18.3 Å². The molecule has 1 heterocycles. The minimum absolute atomic E-state index is 0. The first-order valence-corrected chi connectivity index (χ1v) is 8.58. The highest BCUT2D eigenvalue weighted by atomic mass is 127. The van der Waals surface area contributed by atoms with Crippen LogP contribution in [0.3, 0.4) is 0 Å². The lowest BCUT2D eigenvalue weighted by Crippen LogP contribution is -2.24. The first kappa shape index (κ1) is 24.2. The van der Waals surface area contributed by atoms with Crippen LogP contribution in [-0.2, 0) is 6.54 Å². The first-order valence-electron chi connectivity index (χ1n) is 8.58. The number of para-hydroxylation sites is 2. The lowest BCUT2D eigenvalue weighted by Gasteiger charge is -2.14. The van der Waals surface area contributed by atoms with Gasteiger partial charge in [0.05, 0.1) is 12.2 Å². The van der Waals surface area contributed by atoms with Crippen molar-refractivity contribution in [2.75, 3.05) is 5.32 Å². The Bertz CT molecular complexity index is 1030. The normalized spacial score (nSPS) is 11.4. The van der Waals surface area contributed by atoms with Crippen molar-refractivity contribution >= 4 is 35.6 Å². The van der Waals surface area contributed by atoms with Crippen molar-refractivity contribution in [2.45, 2.75) is 12.9 Å². The number of aromatic nitrogens is 1. The Morgan fingerprint density at radius 2 is 1.84 bits per heavy atom. The van der Waals surface area contributed by atoms with Gasteiger partial charge in [-0.15, -0.1) is 37.1 Å². The van der Waals surface area contributed by atoms with E-state index in [1.807, 2.05) is 0 Å². The molecule has 0 saturated heterocycles. The molecule has 31 heavy (non-hydrogen) atoms. The Balaban J connectivity index is 0.00000341. The predicted octanol–water partition coefficient (Wildman–Crippen LogP) is 5.46. The van der Waals surface area contributed by atoms with Crippen molar-refractivity contribution in [2.24, 2.45) is 10.7 Å². The van der Waals surface area contributed by atoms with Gasteiger partial charge >= 0.3 is 6.36 Å². The molecule has 3 N–H and O–H groups in total. The van der Waals surface area contributed by atoms with Crippen LogP contribution in [0.25, 0.3) is 0 Å². The second kappa shape index (κ2) is 10.8. The van der Waals surface area contributed by atoms with Crippen molar-refractivity contribution in [3.05, 3.63) is 78.2 Å². The second-order valence-electron chi connectivity index (χ2n) is 5.93. The van der Waals surface area contributed by atoms with Crippen LogP contribution in [0.4, 0.5) is 23.2 Å². The van der Waals surface area contributed by atoms with Crippen LogP contribution in [-0.4, -0.2) is 17.3 Å². The summed E-state index contributed by atoms with van der Waals surface area (Å²) in [6, 6.07) is 14.4. The van der Waals surface area contributed by atoms with Gasteiger partial charge in [0.1, 0.15) is 11.6 Å². The smallest absolute Gasteiger partial charge is 0.439 e. The molecule has 0 atom stereocenters. The molecule has 0 amide bonds. The molecule has 0 aliphatic rings. The molecule has 0 aliphatic heterocycles. The van der Waals surface area contributed by atoms with Crippen LogP contribution >= 0.6 is 24.0 Å². The lowest BCUT2D eigenvalue weighted by atomic mass is 10.3. The van der Waals surface area contributed by atoms with Gasteiger partial charge in [-0.25, -0.2) is 14.4 Å². The third-order valence-corrected chi connectivity index (χ3v) is 3.62. The number of nitrogens with zero attached hydrogens (tertiary/aromatic N) is 2. The van der Waals surface area contributed by atoms with E-state index in [-0.39, 0.29) is 48.0 Å². The van der Waals surface area contributed by atoms with Crippen molar-refractivity contribution in [1.29, 1.82) is 0 Å². The van der Waals surface area contributed by atoms with E-state index in [0.717, 1.165) is 6.07 Å². The van der Waals surface area contributed by atoms with Gasteiger partial charge in [0.25, 0.3) is 0 Å². The SMILES string of the molecule is I.NC(=NCc1ccc(Oc2cccc(F)c2)nc1)Nc1ccccc1OC(F)(F)F. The summed E-state index contributed by atoms with van der Waals surface area (Å²) < 4.78 is 60.0. The van der Waals surface area contributed by atoms with Gasteiger partial charge in [-0.3, -0.25) is 0 Å². The highest BCUT2D eigenvalue weighted by molar-refractivity contribution is 14.0. The van der Waals surface area contributed by atoms with E-state index in [1.54, 1.807) is 18.2 Å². The monoisotopic (exact) mass is 548 g/mol. The van der Waals surface area contributed by atoms with E-state index >= 15 is 0 Å². The van der Waals surface area contributed by atoms with Crippen molar-refractivity contribution in [1.82, 2.24) is 4.98 Å². The number of pyridine rings is 1. The molecule has 0 saturated carbocycles. The number of benzene rings is 2. The standard InChI is InChI=1S/C20H16F4N4O2.HI/c21-14-4-3-5-15(10-14)29-18-9-8-13(11-26-18)12-27-19(25)28-16-6-1-2-7-17(16)30-20(22,23)24;/h1-11H,12H2,(H3,25,27,28);1H. The molecule has 164 valence electrons. The Morgan fingerprint density at radius 3 is 2.52 bits per heavy atom. The Labute approximate surface area is 192 Å². The van der Waals surface area contributed by atoms with Crippen molar-refractivity contribution in [3.8, 4) is 17.4 Å². The van der Waals surface area contributed by atoms with Crippen molar-refractivity contribution < 1.29 is 27.0 Å². The number of nitrogens with one attached hydrogen (secondary N) is 1. The van der Waals surface area contributed by atoms with E-state index in [1.165, 1.54) is 42.6 Å². The summed E-state index contributed by atoms with van der Waals surface area (Å²) in [7, 11) is 0. The lowest BCUT2D eigenvalue weighted by molar-refractivity contribution is -0.274. The number of guanidine groups is 1. The first-order chi connectivity index (χ1) is 14.3. The zero-order valence-corrected chi connectivity index (χ0v) is 18.1. The molecule has 0 bridgehead atoms. The molecule has 3 rings (SSSR count). The van der Waals surface area contributed by atoms with Crippen LogP contribution in [0.15, 0.2) is 71.9 Å². The van der Waals surface area contributed by atoms with Gasteiger partial charge in [-0.1, -0.05) is 24.3 Å². The number of aliphatic imine (C=N–C) groups is 1. The summed E-state index contributed by atoms with van der Waals surface area (Å²) in [5.74, 6) is -0.389. The fourth-order valence-corrected chi connectivity index (χ4v) is 2.35. The number of rotatable bonds is 6. The number of alkyl halides is 3. The zero-order valence-electron chi connectivity index (χ0n) is 15.8. The average molecular weight is 548 g/mol. The number of ether oxygens (including phenoxy) is 2. The van der Waals surface area contributed by atoms with Gasteiger partial charge in [-0.2, -0.15) is 0 Å². The largest absolute Gasteiger partial charge is 0.573 e. The molecule has 0 spiro atoms. The predicted molar refractivity (Wildman–Crippen MR) is 118 cm³/mol. The van der Waals surface area contributed by atoms with Crippen LogP contribution in [0.1, 0.15) is 5.56 Å². The maximum Gasteiger partial charge on any atom is 0.573 e. The summed E-state index contributed by atoms with van der Waals surface area (Å²) in [6.45, 7) is 0.119. The van der Waals surface area contributed by atoms with Crippen molar-refractivity contribution in [3.63, 3.8) is 0 Å². The molecule has 0 fully saturated rings. The van der Waals surface area contributed by atoms with Gasteiger partial charge in [0.15, 0.2) is 11.7 Å². The van der Waals surface area contributed by atoms with Crippen LogP contribution in [0.5, 0.6) is 17.4 Å². The van der Waals surface area contributed by atoms with Crippen LogP contribution < -0.4 is 20.5 Å². The Kier molecular flexibility index (Phi) is 8.42. The minimum Gasteiger partial charge on any atom is -0.439 e. The molecule has 1 aromatic heterocycles. The zero-order chi connectivity index (χ0) is 21.6. The number of halogens is 5. The Hall–Kier alpha value is -3.09. The maximum absolute atomic E-state index is 13.2. The maximum atomic E-state index is 13.2. The number of anilines is 1. The summed E-state index contributed by atoms with van der Waals surface area (Å²) >= 11 is 0. The number of hydrogen-bond acceptors (Lipinski definition) is 4. The fraction of sp³-hybridized carbons (Fsp3) is 0.100. The van der Waals surface area contributed by atoms with Crippen LogP contribution in [0, 0.1) is 5.82 Å². The molecule has 0 radical (unpaired) electrons. The minimum atomic E-state index is -4.83. The number of nitrogens with two attached hydrogens (primary N) is 1. The molecular weight excluding hydrogens is 531 g/mol. The average Bonchev–Trinajstić information content (AvgIpc) is 2.68. The molecule has 11 heteroatoms. The summed E-state index contributed by atoms with van der Waals surface area (Å²) in [4.78, 5) is 8.17. The quantitative estimate of drug-likeness (QED) is 0.185. The van der Waals surface area contributed by atoms with E-state index in [0.29, 0.717) is 11.3 Å². The molecule has 0 aliphatic carbocycles. The molecule has 0 unspecified atom stereocenters. The third-order valence-electron chi connectivity index (χ3n) is 3.62. The Morgan fingerprint density at radius 1 is 1.06 bits per heavy atom. The highest BCUT2D eigenvalue weighted by Crippen LogP contribution is 2.29. The molecule has 2 aromatic carbocycles. The molecular formula is C20H17F4IN4O2. The van der Waals surface area contributed by atoms with E-state index < -0.39 is 17.9 Å². The topological polar surface area (TPSA) is 81.8 Å². The van der Waals surface area contributed by atoms with E-state index in [4.69, 9.17) is 10.5 Å². The van der Waals surface area contributed by atoms with Gasteiger partial charge < -0.3 is 20.5 Å².